The molecular weight excluding hydrogens is 152 g/mol. The topological polar surface area (TPSA) is 100 Å². The van der Waals surface area contributed by atoms with E-state index in [1.807, 2.05) is 0 Å². The van der Waals surface area contributed by atoms with Crippen molar-refractivity contribution in [1.29, 1.82) is 10.8 Å². The normalized spacial score (nSPS) is 6.91. The maximum absolute atomic E-state index is 10.3. The van der Waals surface area contributed by atoms with Crippen LogP contribution in [0.15, 0.2) is 0 Å². The molecule has 6 nitrogen and oxygen atoms in total. The molecule has 0 fully saturated rings. The predicted octanol–water partition coefficient (Wildman–Crippen LogP) is -0.247. The number of esters is 2. The predicted molar refractivity (Wildman–Crippen MR) is 32.1 cm³/mol. The molecule has 0 unspecified atom stereocenters. The minimum Gasteiger partial charge on any atom is -0.469 e. The van der Waals surface area contributed by atoms with Crippen LogP contribution in [0, 0.1) is 10.8 Å². The standard InChI is InChI=1S/C5H8O4.N2/c1-8-4(6)3-5(7)9-2;1-2/h3H2,1-2H3;. The SMILES string of the molecule is COC(=O)CC(=O)OC.N#N. The van der Waals surface area contributed by atoms with Gasteiger partial charge in [0.05, 0.1) is 14.2 Å². The van der Waals surface area contributed by atoms with E-state index in [2.05, 4.69) is 9.47 Å². The van der Waals surface area contributed by atoms with E-state index >= 15 is 0 Å². The first-order valence-electron chi connectivity index (χ1n) is 2.54. The summed E-state index contributed by atoms with van der Waals surface area (Å²) >= 11 is 0. The van der Waals surface area contributed by atoms with Crippen LogP contribution in [0.5, 0.6) is 0 Å². The van der Waals surface area contributed by atoms with E-state index < -0.39 is 11.9 Å². The molecule has 0 saturated heterocycles. The van der Waals surface area contributed by atoms with Crippen molar-refractivity contribution in [2.45, 2.75) is 6.42 Å². The maximum atomic E-state index is 10.3. The molecular formula is C5H8N2O4. The van der Waals surface area contributed by atoms with Crippen LogP contribution < -0.4 is 0 Å². The number of nitrogens with zero attached hydrogens (tertiary/aromatic N) is 2. The van der Waals surface area contributed by atoms with Crippen molar-refractivity contribution in [3.05, 3.63) is 0 Å². The van der Waals surface area contributed by atoms with Crippen molar-refractivity contribution in [2.24, 2.45) is 0 Å². The van der Waals surface area contributed by atoms with Gasteiger partial charge in [-0.2, -0.15) is 0 Å². The number of carbonyl (C=O) groups excluding carboxylic acids is 2. The number of methoxy groups -OCH3 is 2. The van der Waals surface area contributed by atoms with Gasteiger partial charge in [0.25, 0.3) is 0 Å². The van der Waals surface area contributed by atoms with Gasteiger partial charge < -0.3 is 9.47 Å². The van der Waals surface area contributed by atoms with Crippen molar-refractivity contribution in [3.8, 4) is 0 Å². The van der Waals surface area contributed by atoms with Crippen LogP contribution in [-0.2, 0) is 19.1 Å². The van der Waals surface area contributed by atoms with Crippen molar-refractivity contribution in [1.82, 2.24) is 0 Å². The number of ether oxygens (including phenoxy) is 2. The first kappa shape index (κ1) is 12.1. The van der Waals surface area contributed by atoms with Crippen molar-refractivity contribution in [3.63, 3.8) is 0 Å². The molecule has 0 rings (SSSR count). The van der Waals surface area contributed by atoms with E-state index in [1.165, 1.54) is 14.2 Å². The van der Waals surface area contributed by atoms with Crippen LogP contribution in [-0.4, -0.2) is 26.2 Å². The summed E-state index contributed by atoms with van der Waals surface area (Å²) in [5, 5.41) is 12.0. The van der Waals surface area contributed by atoms with E-state index in [0.29, 0.717) is 0 Å². The minimum atomic E-state index is -0.582. The summed E-state index contributed by atoms with van der Waals surface area (Å²) in [6.45, 7) is 0. The third-order valence-electron chi connectivity index (χ3n) is 0.744. The molecule has 0 aromatic heterocycles. The summed E-state index contributed by atoms with van der Waals surface area (Å²) in [6.07, 6.45) is -0.312. The Bertz CT molecular complexity index is 140. The Kier molecular flexibility index (Phi) is 9.18. The molecule has 62 valence electrons. The molecule has 0 aliphatic rings. The zero-order chi connectivity index (χ0) is 9.28. The Labute approximate surface area is 63.5 Å². The highest BCUT2D eigenvalue weighted by molar-refractivity contribution is 5.90. The van der Waals surface area contributed by atoms with Crippen LogP contribution in [0.4, 0.5) is 0 Å². The second-order valence-electron chi connectivity index (χ2n) is 1.33. The zero-order valence-corrected chi connectivity index (χ0v) is 6.23. The average Bonchev–Trinajstić information content (AvgIpc) is 2.07. The van der Waals surface area contributed by atoms with Crippen LogP contribution in [0.25, 0.3) is 0 Å². The lowest BCUT2D eigenvalue weighted by atomic mass is 10.4. The highest BCUT2D eigenvalue weighted by atomic mass is 16.5. The summed E-state index contributed by atoms with van der Waals surface area (Å²) in [4.78, 5) is 20.5. The van der Waals surface area contributed by atoms with Gasteiger partial charge in [0, 0.05) is 10.8 Å². The van der Waals surface area contributed by atoms with Crippen LogP contribution >= 0.6 is 0 Å². The molecule has 11 heavy (non-hydrogen) atoms. The smallest absolute Gasteiger partial charge is 0.316 e. The fourth-order valence-electron chi connectivity index (χ4n) is 0.262. The summed E-state index contributed by atoms with van der Waals surface area (Å²) in [7, 11) is 2.43. The molecule has 0 aromatic carbocycles. The number of carbonyl (C=O) groups is 2. The zero-order valence-electron chi connectivity index (χ0n) is 6.23. The Balaban J connectivity index is 0. The van der Waals surface area contributed by atoms with Crippen LogP contribution in [0.1, 0.15) is 6.42 Å². The van der Waals surface area contributed by atoms with Crippen LogP contribution in [0.3, 0.4) is 0 Å². The van der Waals surface area contributed by atoms with Gasteiger partial charge in [0.15, 0.2) is 0 Å². The molecule has 0 saturated carbocycles. The highest BCUT2D eigenvalue weighted by Gasteiger charge is 2.07. The van der Waals surface area contributed by atoms with Crippen LogP contribution in [0.2, 0.25) is 0 Å². The molecule has 6 heteroatoms. The lowest BCUT2D eigenvalue weighted by Gasteiger charge is -1.95. The van der Waals surface area contributed by atoms with Gasteiger partial charge in [0.1, 0.15) is 6.42 Å². The minimum absolute atomic E-state index is 0.312. The van der Waals surface area contributed by atoms with Gasteiger partial charge in [0.2, 0.25) is 0 Å². The quantitative estimate of drug-likeness (QED) is 0.313. The number of rotatable bonds is 2. The fraction of sp³-hybridized carbons (Fsp3) is 0.600. The van der Waals surface area contributed by atoms with Crippen molar-refractivity contribution >= 4 is 11.9 Å². The molecule has 0 spiro atoms. The molecule has 0 amide bonds. The largest absolute Gasteiger partial charge is 0.469 e. The van der Waals surface area contributed by atoms with Gasteiger partial charge in [-0.25, -0.2) is 0 Å². The molecule has 0 bridgehead atoms. The van der Waals surface area contributed by atoms with Gasteiger partial charge in [-0.3, -0.25) is 9.59 Å². The second kappa shape index (κ2) is 8.36. The maximum Gasteiger partial charge on any atom is 0.316 e. The van der Waals surface area contributed by atoms with E-state index in [1.54, 1.807) is 0 Å². The van der Waals surface area contributed by atoms with Gasteiger partial charge >= 0.3 is 11.9 Å². The van der Waals surface area contributed by atoms with E-state index in [9.17, 15) is 9.59 Å². The first-order valence-corrected chi connectivity index (χ1v) is 2.54. The molecule has 0 radical (unpaired) electrons. The lowest BCUT2D eigenvalue weighted by molar-refractivity contribution is -0.151. The molecule has 0 aliphatic carbocycles. The highest BCUT2D eigenvalue weighted by Crippen LogP contribution is 1.85. The summed E-state index contributed by atoms with van der Waals surface area (Å²) < 4.78 is 8.37. The molecule has 0 aliphatic heterocycles. The molecule has 0 heterocycles. The monoisotopic (exact) mass is 160 g/mol. The summed E-state index contributed by atoms with van der Waals surface area (Å²) in [5.74, 6) is -1.16. The Morgan fingerprint density at radius 2 is 1.36 bits per heavy atom. The van der Waals surface area contributed by atoms with Gasteiger partial charge in [-0.1, -0.05) is 0 Å². The average molecular weight is 160 g/mol. The van der Waals surface area contributed by atoms with E-state index in [-0.39, 0.29) is 6.42 Å². The second-order valence-corrected chi connectivity index (χ2v) is 1.33. The van der Waals surface area contributed by atoms with Gasteiger partial charge in [-0.05, 0) is 0 Å². The third kappa shape index (κ3) is 8.36. The van der Waals surface area contributed by atoms with Crippen molar-refractivity contribution in [2.75, 3.05) is 14.2 Å². The van der Waals surface area contributed by atoms with E-state index in [4.69, 9.17) is 10.8 Å². The first-order chi connectivity index (χ1) is 5.20. The molecule has 0 N–H and O–H groups in total. The summed E-state index contributed by atoms with van der Waals surface area (Å²) in [5.41, 5.74) is 0. The Morgan fingerprint density at radius 3 is 1.55 bits per heavy atom. The lowest BCUT2D eigenvalue weighted by Crippen LogP contribution is -2.09. The van der Waals surface area contributed by atoms with Crippen molar-refractivity contribution < 1.29 is 19.1 Å². The van der Waals surface area contributed by atoms with Gasteiger partial charge in [-0.15, -0.1) is 0 Å². The third-order valence-corrected chi connectivity index (χ3v) is 0.744. The molecule has 0 atom stereocenters. The Morgan fingerprint density at radius 1 is 1.09 bits per heavy atom. The Hall–Kier alpha value is -1.64. The summed E-state index contributed by atoms with van der Waals surface area (Å²) in [6, 6.07) is 0. The number of hydrogen-bond acceptors (Lipinski definition) is 6. The molecule has 0 aromatic rings. The van der Waals surface area contributed by atoms with E-state index in [0.717, 1.165) is 0 Å². The fourth-order valence-corrected chi connectivity index (χ4v) is 0.262. The number of hydrogen-bond donors (Lipinski definition) is 0.